The quantitative estimate of drug-likeness (QED) is 0.313. The Hall–Kier alpha value is -1.52. The zero-order chi connectivity index (χ0) is 23.2. The third-order valence-corrected chi connectivity index (χ3v) is 5.79. The van der Waals surface area contributed by atoms with Crippen LogP contribution in [0.25, 0.3) is 0 Å². The Morgan fingerprint density at radius 2 is 2.03 bits per heavy atom. The predicted molar refractivity (Wildman–Crippen MR) is 141 cm³/mol. The maximum absolute atomic E-state index is 12.4. The van der Waals surface area contributed by atoms with Crippen molar-refractivity contribution >= 4 is 36.0 Å². The highest BCUT2D eigenvalue weighted by molar-refractivity contribution is 14.0. The van der Waals surface area contributed by atoms with Gasteiger partial charge in [-0.05, 0) is 78.7 Å². The van der Waals surface area contributed by atoms with Gasteiger partial charge in [0.2, 0.25) is 0 Å². The minimum Gasteiger partial charge on any atom is -0.444 e. The summed E-state index contributed by atoms with van der Waals surface area (Å²) in [5.74, 6) is 1.29. The lowest BCUT2D eigenvalue weighted by atomic mass is 9.95. The topological polar surface area (TPSA) is 83.8 Å². The van der Waals surface area contributed by atoms with E-state index in [2.05, 4.69) is 41.5 Å². The van der Waals surface area contributed by atoms with Gasteiger partial charge in [0.25, 0.3) is 0 Å². The number of ether oxygens (including phenoxy) is 1. The van der Waals surface area contributed by atoms with Crippen LogP contribution in [-0.4, -0.2) is 65.1 Å². The van der Waals surface area contributed by atoms with E-state index in [9.17, 15) is 4.79 Å². The van der Waals surface area contributed by atoms with Crippen molar-refractivity contribution in [1.29, 1.82) is 0 Å². The largest absolute Gasteiger partial charge is 0.444 e. The SMILES string of the molecule is CN=C(NCCC1CCCN(C(=O)OC(C)(C)C)C1)NC(C)Cc1c(C)nn(C)c1C.I. The molecule has 1 aromatic heterocycles. The van der Waals surface area contributed by atoms with Crippen LogP contribution in [0.2, 0.25) is 0 Å². The molecule has 1 aliphatic heterocycles. The van der Waals surface area contributed by atoms with Crippen molar-refractivity contribution in [1.82, 2.24) is 25.3 Å². The number of carbonyl (C=O) groups is 1. The van der Waals surface area contributed by atoms with Gasteiger partial charge in [0.15, 0.2) is 5.96 Å². The molecule has 0 radical (unpaired) electrons. The van der Waals surface area contributed by atoms with E-state index in [1.54, 1.807) is 7.05 Å². The highest BCUT2D eigenvalue weighted by Gasteiger charge is 2.27. The molecule has 1 saturated heterocycles. The molecular weight excluding hydrogens is 519 g/mol. The van der Waals surface area contributed by atoms with Gasteiger partial charge in [0.05, 0.1) is 5.69 Å². The van der Waals surface area contributed by atoms with Gasteiger partial charge >= 0.3 is 6.09 Å². The van der Waals surface area contributed by atoms with Crippen LogP contribution < -0.4 is 10.6 Å². The minimum absolute atomic E-state index is 0. The van der Waals surface area contributed by atoms with Gasteiger partial charge in [-0.2, -0.15) is 5.10 Å². The Bertz CT molecular complexity index is 771. The first kappa shape index (κ1) is 28.5. The molecule has 0 aliphatic carbocycles. The molecule has 2 unspecified atom stereocenters. The van der Waals surface area contributed by atoms with E-state index < -0.39 is 5.60 Å². The van der Waals surface area contributed by atoms with Crippen LogP contribution >= 0.6 is 24.0 Å². The number of aliphatic imine (C=N–C) groups is 1. The van der Waals surface area contributed by atoms with Crippen LogP contribution in [-0.2, 0) is 18.2 Å². The lowest BCUT2D eigenvalue weighted by molar-refractivity contribution is 0.0162. The zero-order valence-corrected chi connectivity index (χ0v) is 23.4. The average Bonchev–Trinajstić information content (AvgIpc) is 2.92. The number of likely N-dealkylation sites (tertiary alicyclic amines) is 1. The number of piperidine rings is 1. The normalized spacial score (nSPS) is 18.1. The smallest absolute Gasteiger partial charge is 0.410 e. The Morgan fingerprint density at radius 1 is 1.34 bits per heavy atom. The fourth-order valence-electron chi connectivity index (χ4n) is 4.09. The molecule has 2 N–H and O–H groups in total. The molecule has 0 bridgehead atoms. The maximum Gasteiger partial charge on any atom is 0.410 e. The van der Waals surface area contributed by atoms with Crippen LogP contribution in [0.5, 0.6) is 0 Å². The molecule has 1 amide bonds. The van der Waals surface area contributed by atoms with Crippen LogP contribution in [0.3, 0.4) is 0 Å². The van der Waals surface area contributed by atoms with Crippen molar-refractivity contribution in [3.05, 3.63) is 17.0 Å². The number of rotatable bonds is 6. The third-order valence-electron chi connectivity index (χ3n) is 5.79. The molecule has 0 saturated carbocycles. The van der Waals surface area contributed by atoms with Gasteiger partial charge in [-0.15, -0.1) is 24.0 Å². The number of carbonyl (C=O) groups excluding carboxylic acids is 1. The summed E-state index contributed by atoms with van der Waals surface area (Å²) in [6, 6.07) is 0.241. The summed E-state index contributed by atoms with van der Waals surface area (Å²) >= 11 is 0. The summed E-state index contributed by atoms with van der Waals surface area (Å²) < 4.78 is 7.47. The van der Waals surface area contributed by atoms with Crippen LogP contribution in [0.4, 0.5) is 4.79 Å². The molecule has 184 valence electrons. The number of hydrogen-bond acceptors (Lipinski definition) is 4. The molecule has 1 aliphatic rings. The van der Waals surface area contributed by atoms with Crippen molar-refractivity contribution < 1.29 is 9.53 Å². The molecular formula is C23H43IN6O2. The Kier molecular flexibility index (Phi) is 11.3. The molecule has 32 heavy (non-hydrogen) atoms. The summed E-state index contributed by atoms with van der Waals surface area (Å²) in [4.78, 5) is 18.6. The van der Waals surface area contributed by atoms with E-state index in [4.69, 9.17) is 4.74 Å². The van der Waals surface area contributed by atoms with E-state index in [0.29, 0.717) is 5.92 Å². The van der Waals surface area contributed by atoms with Crippen LogP contribution in [0.1, 0.15) is 63.9 Å². The van der Waals surface area contributed by atoms with Gasteiger partial charge in [-0.25, -0.2) is 4.79 Å². The van der Waals surface area contributed by atoms with Crippen molar-refractivity contribution in [2.24, 2.45) is 18.0 Å². The summed E-state index contributed by atoms with van der Waals surface area (Å²) in [7, 11) is 3.78. The molecule has 2 atom stereocenters. The van der Waals surface area contributed by atoms with Gasteiger partial charge in [-0.3, -0.25) is 9.67 Å². The summed E-state index contributed by atoms with van der Waals surface area (Å²) in [5, 5.41) is 11.4. The van der Waals surface area contributed by atoms with Gasteiger partial charge in [0, 0.05) is 45.5 Å². The standard InChI is InChI=1S/C23H42N6O2.HI/c1-16(14-20-17(2)27-28(8)18(20)3)26-21(24-7)25-12-11-19-10-9-13-29(15-19)22(30)31-23(4,5)6;/h16,19H,9-15H2,1-8H3,(H2,24,25,26);1H. The molecule has 1 aromatic rings. The lowest BCUT2D eigenvalue weighted by Crippen LogP contribution is -2.45. The molecule has 0 aromatic carbocycles. The van der Waals surface area contributed by atoms with Crippen LogP contribution in [0.15, 0.2) is 4.99 Å². The predicted octanol–water partition coefficient (Wildman–Crippen LogP) is 3.79. The molecule has 8 nitrogen and oxygen atoms in total. The fourth-order valence-corrected chi connectivity index (χ4v) is 4.09. The Morgan fingerprint density at radius 3 is 2.59 bits per heavy atom. The number of aromatic nitrogens is 2. The zero-order valence-electron chi connectivity index (χ0n) is 21.1. The molecule has 1 fully saturated rings. The van der Waals surface area contributed by atoms with Crippen molar-refractivity contribution in [3.8, 4) is 0 Å². The molecule has 0 spiro atoms. The first-order valence-electron chi connectivity index (χ1n) is 11.4. The monoisotopic (exact) mass is 562 g/mol. The Labute approximate surface area is 211 Å². The van der Waals surface area contributed by atoms with E-state index in [1.807, 2.05) is 37.4 Å². The highest BCUT2D eigenvalue weighted by Crippen LogP contribution is 2.21. The number of aryl methyl sites for hydroxylation is 2. The van der Waals surface area contributed by atoms with Crippen LogP contribution in [0, 0.1) is 19.8 Å². The van der Waals surface area contributed by atoms with E-state index in [1.165, 1.54) is 11.3 Å². The van der Waals surface area contributed by atoms with Crippen molar-refractivity contribution in [3.63, 3.8) is 0 Å². The fraction of sp³-hybridized carbons (Fsp3) is 0.783. The van der Waals surface area contributed by atoms with E-state index >= 15 is 0 Å². The first-order chi connectivity index (χ1) is 14.5. The van der Waals surface area contributed by atoms with Gasteiger partial charge in [-0.1, -0.05) is 0 Å². The second kappa shape index (κ2) is 12.6. The number of halogens is 1. The lowest BCUT2D eigenvalue weighted by Gasteiger charge is -2.34. The first-order valence-corrected chi connectivity index (χ1v) is 11.4. The molecule has 2 heterocycles. The second-order valence-corrected chi connectivity index (χ2v) is 9.74. The summed E-state index contributed by atoms with van der Waals surface area (Å²) in [6.45, 7) is 14.4. The van der Waals surface area contributed by atoms with Crippen molar-refractivity contribution in [2.45, 2.75) is 78.9 Å². The average molecular weight is 563 g/mol. The summed E-state index contributed by atoms with van der Waals surface area (Å²) in [6.07, 6.45) is 3.87. The number of guanidine groups is 1. The van der Waals surface area contributed by atoms with E-state index in [0.717, 1.165) is 57.0 Å². The third kappa shape index (κ3) is 8.78. The Balaban J connectivity index is 0.00000512. The highest BCUT2D eigenvalue weighted by atomic mass is 127. The number of amides is 1. The number of nitrogens with one attached hydrogen (secondary N) is 2. The van der Waals surface area contributed by atoms with Crippen molar-refractivity contribution in [2.75, 3.05) is 26.7 Å². The number of hydrogen-bond donors (Lipinski definition) is 2. The number of nitrogens with zero attached hydrogens (tertiary/aromatic N) is 4. The second-order valence-electron chi connectivity index (χ2n) is 9.74. The maximum atomic E-state index is 12.4. The molecule has 2 rings (SSSR count). The van der Waals surface area contributed by atoms with Gasteiger partial charge in [0.1, 0.15) is 5.60 Å². The van der Waals surface area contributed by atoms with Gasteiger partial charge < -0.3 is 20.3 Å². The van der Waals surface area contributed by atoms with E-state index in [-0.39, 0.29) is 36.1 Å². The summed E-state index contributed by atoms with van der Waals surface area (Å²) in [5.41, 5.74) is 3.14. The molecule has 9 heteroatoms. The minimum atomic E-state index is -0.451.